The van der Waals surface area contributed by atoms with Crippen molar-refractivity contribution in [1.82, 2.24) is 0 Å². The minimum Gasteiger partial charge on any atom is -0.508 e. The van der Waals surface area contributed by atoms with Crippen molar-refractivity contribution < 1.29 is 39.2 Å². The average Bonchev–Trinajstić information content (AvgIpc) is 3.39. The molecule has 1 aromatic carbocycles. The lowest BCUT2D eigenvalue weighted by Crippen LogP contribution is -2.62. The van der Waals surface area contributed by atoms with Crippen LogP contribution in [0.2, 0.25) is 0 Å². The Hall–Kier alpha value is -3.85. The summed E-state index contributed by atoms with van der Waals surface area (Å²) in [6.07, 6.45) is 7.25. The minimum absolute atomic E-state index is 0.0604. The molecule has 4 aliphatic carbocycles. The second-order valence-corrected chi connectivity index (χ2v) is 12.8. The van der Waals surface area contributed by atoms with Crippen LogP contribution in [-0.2, 0) is 27.2 Å². The number of aromatic hydroxyl groups is 1. The summed E-state index contributed by atoms with van der Waals surface area (Å²) in [6, 6.07) is 7.00. The van der Waals surface area contributed by atoms with Crippen LogP contribution in [0.3, 0.4) is 0 Å². The summed E-state index contributed by atoms with van der Waals surface area (Å²) < 4.78 is 6.27. The van der Waals surface area contributed by atoms with Crippen LogP contribution in [0, 0.1) is 29.6 Å². The highest BCUT2D eigenvalue weighted by Crippen LogP contribution is 2.55. The van der Waals surface area contributed by atoms with E-state index in [4.69, 9.17) is 10.2 Å². The van der Waals surface area contributed by atoms with Crippen molar-refractivity contribution in [3.63, 3.8) is 0 Å². The Balaban J connectivity index is 1.44. The molecule has 9 nitrogen and oxygen atoms in total. The predicted octanol–water partition coefficient (Wildman–Crippen LogP) is 4.69. The molecule has 4 aliphatic rings. The van der Waals surface area contributed by atoms with E-state index >= 15 is 0 Å². The quantitative estimate of drug-likeness (QED) is 0.320. The third-order valence-electron chi connectivity index (χ3n) is 9.99. The van der Waals surface area contributed by atoms with E-state index in [1.165, 1.54) is 38.2 Å². The van der Waals surface area contributed by atoms with E-state index in [2.05, 4.69) is 0 Å². The van der Waals surface area contributed by atoms with Gasteiger partial charge in [-0.25, -0.2) is 0 Å². The van der Waals surface area contributed by atoms with Crippen molar-refractivity contribution in [1.29, 1.82) is 0 Å². The Kier molecular flexibility index (Phi) is 6.84. The SMILES string of the molecule is CC(C)[C@@H]1C(=O)C(C(N)=O)=C(O)[C@@]2(O)C(=O)C3=C(O)c4c(O)ccc(-c5ccc(CC6CCCCC6)o5)c4C[C@H]3C[C@@H]12. The lowest BCUT2D eigenvalue weighted by Gasteiger charge is -2.50. The normalized spacial score (nSPS) is 28.1. The number of Topliss-reactive ketones (excluding diaryl/α,β-unsaturated/α-hetero) is 2. The van der Waals surface area contributed by atoms with Gasteiger partial charge in [-0.15, -0.1) is 0 Å². The van der Waals surface area contributed by atoms with Gasteiger partial charge in [-0.3, -0.25) is 14.4 Å². The summed E-state index contributed by atoms with van der Waals surface area (Å²) in [5.41, 5.74) is 3.17. The van der Waals surface area contributed by atoms with Gasteiger partial charge in [-0.2, -0.15) is 0 Å². The van der Waals surface area contributed by atoms with Crippen LogP contribution in [0.1, 0.15) is 69.3 Å². The third kappa shape index (κ3) is 4.12. The predicted molar refractivity (Wildman–Crippen MR) is 153 cm³/mol. The first-order valence-electron chi connectivity index (χ1n) is 14.9. The first-order chi connectivity index (χ1) is 19.9. The smallest absolute Gasteiger partial charge is 0.255 e. The molecule has 2 aromatic rings. The molecule has 0 saturated heterocycles. The molecule has 0 radical (unpaired) electrons. The number of benzene rings is 1. The minimum atomic E-state index is -2.62. The molecule has 6 rings (SSSR count). The monoisotopic (exact) mass is 575 g/mol. The summed E-state index contributed by atoms with van der Waals surface area (Å²) in [4.78, 5) is 39.5. The fourth-order valence-corrected chi connectivity index (χ4v) is 8.02. The van der Waals surface area contributed by atoms with Crippen LogP contribution in [0.4, 0.5) is 0 Å². The molecule has 1 amide bonds. The van der Waals surface area contributed by atoms with Crippen molar-refractivity contribution in [2.75, 3.05) is 0 Å². The van der Waals surface area contributed by atoms with Gasteiger partial charge < -0.3 is 30.6 Å². The number of primary amides is 1. The van der Waals surface area contributed by atoms with E-state index in [0.29, 0.717) is 22.8 Å². The average molecular weight is 576 g/mol. The number of rotatable bonds is 5. The molecular formula is C33H37NO8. The van der Waals surface area contributed by atoms with Crippen LogP contribution in [0.25, 0.3) is 17.1 Å². The largest absolute Gasteiger partial charge is 0.508 e. The molecule has 42 heavy (non-hydrogen) atoms. The lowest BCUT2D eigenvalue weighted by atomic mass is 9.54. The van der Waals surface area contributed by atoms with Gasteiger partial charge in [0.1, 0.15) is 34.4 Å². The molecule has 2 saturated carbocycles. The standard InChI is InChI=1S/C33H37NO8/c1-15(2)24-21-14-17-13-20-19(23-11-8-18(42-23)12-16-6-4-3-5-7-16)9-10-22(35)26(20)29(37)25(17)30(38)33(21,41)31(39)27(28(24)36)32(34)40/h8-11,15-17,21,24,35,37,39,41H,3-7,12-14H2,1-2H3,(H2,34,40)/t17-,21-,24-,33-/m0/s1. The van der Waals surface area contributed by atoms with Crippen LogP contribution in [0.15, 0.2) is 45.6 Å². The van der Waals surface area contributed by atoms with Crippen molar-refractivity contribution in [2.45, 2.75) is 70.8 Å². The van der Waals surface area contributed by atoms with Gasteiger partial charge in [0.05, 0.1) is 5.56 Å². The van der Waals surface area contributed by atoms with Gasteiger partial charge in [0.25, 0.3) is 5.91 Å². The zero-order chi connectivity index (χ0) is 30.1. The number of ketones is 2. The molecule has 0 bridgehead atoms. The molecule has 9 heteroatoms. The molecule has 0 spiro atoms. The second-order valence-electron chi connectivity index (χ2n) is 12.8. The van der Waals surface area contributed by atoms with Crippen LogP contribution in [0.5, 0.6) is 5.75 Å². The topological polar surface area (TPSA) is 171 Å². The number of carbonyl (C=O) groups is 3. The Morgan fingerprint density at radius 3 is 2.45 bits per heavy atom. The molecule has 1 aromatic heterocycles. The van der Waals surface area contributed by atoms with Crippen molar-refractivity contribution >= 4 is 23.2 Å². The highest BCUT2D eigenvalue weighted by atomic mass is 16.4. The first-order valence-corrected chi connectivity index (χ1v) is 14.9. The Bertz CT molecular complexity index is 1560. The fraction of sp³-hybridized carbons (Fsp3) is 0.485. The highest BCUT2D eigenvalue weighted by Gasteiger charge is 2.64. The Labute approximate surface area is 243 Å². The number of aliphatic hydroxyl groups is 3. The molecule has 0 aliphatic heterocycles. The molecule has 0 unspecified atom stereocenters. The maximum atomic E-state index is 14.0. The number of hydrogen-bond acceptors (Lipinski definition) is 8. The van der Waals surface area contributed by atoms with Crippen LogP contribution >= 0.6 is 0 Å². The van der Waals surface area contributed by atoms with E-state index in [-0.39, 0.29) is 35.6 Å². The summed E-state index contributed by atoms with van der Waals surface area (Å²) in [7, 11) is 0. The van der Waals surface area contributed by atoms with Gasteiger partial charge in [-0.05, 0) is 60.4 Å². The summed E-state index contributed by atoms with van der Waals surface area (Å²) in [6.45, 7) is 3.48. The number of carbonyl (C=O) groups excluding carboxylic acids is 3. The van der Waals surface area contributed by atoms with Crippen molar-refractivity contribution in [3.8, 4) is 17.1 Å². The van der Waals surface area contributed by atoms with Gasteiger partial charge in [0.2, 0.25) is 5.78 Å². The third-order valence-corrected chi connectivity index (χ3v) is 9.99. The number of phenolic OH excluding ortho intramolecular Hbond substituents is 1. The second kappa shape index (κ2) is 10.2. The van der Waals surface area contributed by atoms with E-state index in [1.54, 1.807) is 19.9 Å². The van der Waals surface area contributed by atoms with Crippen LogP contribution < -0.4 is 5.73 Å². The number of phenols is 1. The summed E-state index contributed by atoms with van der Waals surface area (Å²) >= 11 is 0. The Morgan fingerprint density at radius 2 is 1.79 bits per heavy atom. The van der Waals surface area contributed by atoms with Gasteiger partial charge in [0.15, 0.2) is 11.4 Å². The number of amides is 1. The maximum absolute atomic E-state index is 14.0. The summed E-state index contributed by atoms with van der Waals surface area (Å²) in [5, 5.41) is 45.1. The van der Waals surface area contributed by atoms with Gasteiger partial charge >= 0.3 is 0 Å². The van der Waals surface area contributed by atoms with Crippen molar-refractivity contribution in [3.05, 3.63) is 58.1 Å². The fourth-order valence-electron chi connectivity index (χ4n) is 8.02. The van der Waals surface area contributed by atoms with E-state index in [0.717, 1.165) is 12.2 Å². The van der Waals surface area contributed by atoms with Crippen LogP contribution in [-0.4, -0.2) is 43.5 Å². The molecule has 6 N–H and O–H groups in total. The Morgan fingerprint density at radius 1 is 1.07 bits per heavy atom. The highest BCUT2D eigenvalue weighted by molar-refractivity contribution is 6.23. The molecule has 222 valence electrons. The number of fused-ring (bicyclic) bond motifs is 3. The summed E-state index contributed by atoms with van der Waals surface area (Å²) in [5.74, 6) is -5.72. The molecule has 4 atom stereocenters. The number of nitrogens with two attached hydrogens (primary N) is 1. The maximum Gasteiger partial charge on any atom is 0.255 e. The molecule has 1 heterocycles. The van der Waals surface area contributed by atoms with E-state index in [1.807, 2.05) is 12.1 Å². The number of furan rings is 1. The van der Waals surface area contributed by atoms with E-state index in [9.17, 15) is 34.8 Å². The van der Waals surface area contributed by atoms with E-state index < -0.39 is 57.9 Å². The zero-order valence-corrected chi connectivity index (χ0v) is 23.9. The molecular weight excluding hydrogens is 538 g/mol. The number of hydrogen-bond donors (Lipinski definition) is 5. The van der Waals surface area contributed by atoms with Gasteiger partial charge in [0, 0.05) is 29.4 Å². The lowest BCUT2D eigenvalue weighted by molar-refractivity contribution is -0.155. The first kappa shape index (κ1) is 28.3. The zero-order valence-electron chi connectivity index (χ0n) is 23.9. The number of aliphatic hydroxyl groups excluding tert-OH is 2. The molecule has 2 fully saturated rings. The van der Waals surface area contributed by atoms with Crippen molar-refractivity contribution in [2.24, 2.45) is 35.3 Å². The van der Waals surface area contributed by atoms with Gasteiger partial charge in [-0.1, -0.05) is 46.0 Å².